The van der Waals surface area contributed by atoms with Crippen LogP contribution in [0.3, 0.4) is 0 Å². The van der Waals surface area contributed by atoms with Crippen molar-refractivity contribution < 1.29 is 19.7 Å². The van der Waals surface area contributed by atoms with Crippen LogP contribution >= 0.6 is 0 Å². The molecule has 2 bridgehead atoms. The van der Waals surface area contributed by atoms with Gasteiger partial charge in [-0.3, -0.25) is 0 Å². The molecule has 2 saturated heterocycles. The molecule has 0 radical (unpaired) electrons. The Bertz CT molecular complexity index is 303. The smallest absolute Gasteiger partial charge is 0.115 e. The van der Waals surface area contributed by atoms with Crippen LogP contribution in [0.5, 0.6) is 0 Å². The Hall–Kier alpha value is -0.420. The Morgan fingerprint density at radius 2 is 2.25 bits per heavy atom. The molecule has 2 heterocycles. The lowest BCUT2D eigenvalue weighted by Crippen LogP contribution is -2.47. The molecule has 5 atom stereocenters. The third-order valence-electron chi connectivity index (χ3n) is 3.95. The van der Waals surface area contributed by atoms with E-state index < -0.39 is 6.10 Å². The lowest BCUT2D eigenvalue weighted by Gasteiger charge is -2.40. The third kappa shape index (κ3) is 1.52. The molecule has 3 aliphatic rings. The maximum atomic E-state index is 9.70. The Labute approximate surface area is 94.9 Å². The molecule has 0 aromatic heterocycles. The number of aliphatic hydroxyl groups is 2. The molecule has 1 aliphatic carbocycles. The monoisotopic (exact) mass is 226 g/mol. The number of rotatable bonds is 2. The first-order valence-corrected chi connectivity index (χ1v) is 6.05. The number of aliphatic hydroxyl groups excluding tert-OH is 2. The average molecular weight is 226 g/mol. The van der Waals surface area contributed by atoms with Crippen molar-refractivity contribution >= 4 is 0 Å². The summed E-state index contributed by atoms with van der Waals surface area (Å²) >= 11 is 0. The summed E-state index contributed by atoms with van der Waals surface area (Å²) in [5, 5.41) is 18.7. The van der Waals surface area contributed by atoms with Gasteiger partial charge in [0.2, 0.25) is 0 Å². The average Bonchev–Trinajstić information content (AvgIpc) is 2.59. The molecule has 16 heavy (non-hydrogen) atoms. The lowest BCUT2D eigenvalue weighted by atomic mass is 9.82. The van der Waals surface area contributed by atoms with Gasteiger partial charge in [-0.05, 0) is 19.3 Å². The lowest BCUT2D eigenvalue weighted by molar-refractivity contribution is -0.143. The number of hydrogen-bond acceptors (Lipinski definition) is 4. The highest BCUT2D eigenvalue weighted by Gasteiger charge is 2.54. The van der Waals surface area contributed by atoms with E-state index in [9.17, 15) is 5.11 Å². The van der Waals surface area contributed by atoms with E-state index in [0.29, 0.717) is 6.42 Å². The summed E-state index contributed by atoms with van der Waals surface area (Å²) in [7, 11) is 0. The van der Waals surface area contributed by atoms with E-state index in [1.165, 1.54) is 0 Å². The Morgan fingerprint density at radius 3 is 3.06 bits per heavy atom. The standard InChI is InChI=1S/C12H18O4/c13-6-4-8-1-2-11-12(16-8)5-3-9(14)10(7-12)15-11/h3,5,8-11,13-14H,1-2,4,6-7H2/t8?,9-,10-,11?,12?/m1/s1. The van der Waals surface area contributed by atoms with E-state index in [1.54, 1.807) is 6.08 Å². The molecule has 4 heteroatoms. The molecule has 0 amide bonds. The quantitative estimate of drug-likeness (QED) is 0.668. The molecule has 1 spiro atoms. The van der Waals surface area contributed by atoms with E-state index in [4.69, 9.17) is 14.6 Å². The van der Waals surface area contributed by atoms with Crippen molar-refractivity contribution in [1.29, 1.82) is 0 Å². The Morgan fingerprint density at radius 1 is 1.38 bits per heavy atom. The van der Waals surface area contributed by atoms with Crippen LogP contribution in [-0.2, 0) is 9.47 Å². The predicted molar refractivity (Wildman–Crippen MR) is 57.0 cm³/mol. The predicted octanol–water partition coefficient (Wildman–Crippen LogP) is 0.375. The van der Waals surface area contributed by atoms with E-state index >= 15 is 0 Å². The number of ether oxygens (including phenoxy) is 2. The molecule has 2 aliphatic heterocycles. The normalized spacial score (nSPS) is 50.4. The van der Waals surface area contributed by atoms with E-state index in [0.717, 1.165) is 19.3 Å². The van der Waals surface area contributed by atoms with Gasteiger partial charge in [0, 0.05) is 13.0 Å². The summed E-state index contributed by atoms with van der Waals surface area (Å²) in [5.74, 6) is 0. The van der Waals surface area contributed by atoms with Crippen LogP contribution in [0.15, 0.2) is 12.2 Å². The summed E-state index contributed by atoms with van der Waals surface area (Å²) in [5.41, 5.74) is -0.331. The third-order valence-corrected chi connectivity index (χ3v) is 3.95. The van der Waals surface area contributed by atoms with Gasteiger partial charge >= 0.3 is 0 Å². The fourth-order valence-electron chi connectivity index (χ4n) is 3.11. The Balaban J connectivity index is 1.80. The Kier molecular flexibility index (Phi) is 2.55. The summed E-state index contributed by atoms with van der Waals surface area (Å²) in [6.07, 6.45) is 6.70. The van der Waals surface area contributed by atoms with Gasteiger partial charge in [-0.15, -0.1) is 0 Å². The van der Waals surface area contributed by atoms with Crippen LogP contribution in [0.2, 0.25) is 0 Å². The van der Waals surface area contributed by atoms with Crippen molar-refractivity contribution in [3.63, 3.8) is 0 Å². The van der Waals surface area contributed by atoms with Crippen LogP contribution in [-0.4, -0.2) is 46.8 Å². The molecule has 4 nitrogen and oxygen atoms in total. The first kappa shape index (κ1) is 10.7. The van der Waals surface area contributed by atoms with E-state index in [-0.39, 0.29) is 30.5 Å². The molecule has 90 valence electrons. The molecular weight excluding hydrogens is 208 g/mol. The van der Waals surface area contributed by atoms with Gasteiger partial charge < -0.3 is 19.7 Å². The van der Waals surface area contributed by atoms with Gasteiger partial charge in [0.15, 0.2) is 0 Å². The minimum atomic E-state index is -0.490. The molecule has 0 aromatic carbocycles. The molecular formula is C12H18O4. The van der Waals surface area contributed by atoms with Crippen LogP contribution in [0.25, 0.3) is 0 Å². The zero-order valence-electron chi connectivity index (χ0n) is 9.21. The van der Waals surface area contributed by atoms with Gasteiger partial charge in [-0.25, -0.2) is 0 Å². The van der Waals surface area contributed by atoms with E-state index in [2.05, 4.69) is 0 Å². The van der Waals surface area contributed by atoms with E-state index in [1.807, 2.05) is 6.08 Å². The van der Waals surface area contributed by atoms with Crippen molar-refractivity contribution in [3.05, 3.63) is 12.2 Å². The molecule has 0 aromatic rings. The maximum Gasteiger partial charge on any atom is 0.115 e. The number of hydrogen-bond donors (Lipinski definition) is 2. The summed E-state index contributed by atoms with van der Waals surface area (Å²) < 4.78 is 11.9. The first-order valence-electron chi connectivity index (χ1n) is 6.05. The SMILES string of the molecule is OCCC1CCC2O[C@@H]3CC2(C=C[C@H]3O)O1. The largest absolute Gasteiger partial charge is 0.396 e. The van der Waals surface area contributed by atoms with Gasteiger partial charge in [0.1, 0.15) is 5.60 Å². The summed E-state index contributed by atoms with van der Waals surface area (Å²) in [6, 6.07) is 0. The molecule has 3 rings (SSSR count). The minimum absolute atomic E-state index is 0.0841. The minimum Gasteiger partial charge on any atom is -0.396 e. The molecule has 2 fully saturated rings. The van der Waals surface area contributed by atoms with Crippen LogP contribution in [0.1, 0.15) is 25.7 Å². The first-order chi connectivity index (χ1) is 7.73. The summed E-state index contributed by atoms with van der Waals surface area (Å²) in [4.78, 5) is 0. The fourth-order valence-corrected chi connectivity index (χ4v) is 3.11. The van der Waals surface area contributed by atoms with Crippen molar-refractivity contribution in [3.8, 4) is 0 Å². The highest BCUT2D eigenvalue weighted by atomic mass is 16.6. The molecule has 0 saturated carbocycles. The molecule has 2 N–H and O–H groups in total. The highest BCUT2D eigenvalue weighted by Crippen LogP contribution is 2.46. The van der Waals surface area contributed by atoms with Crippen molar-refractivity contribution in [2.45, 2.75) is 55.7 Å². The van der Waals surface area contributed by atoms with Gasteiger partial charge in [-0.2, -0.15) is 0 Å². The number of fused-ring (bicyclic) bond motifs is 1. The molecule has 3 unspecified atom stereocenters. The van der Waals surface area contributed by atoms with Gasteiger partial charge in [-0.1, -0.05) is 12.2 Å². The van der Waals surface area contributed by atoms with Crippen molar-refractivity contribution in [2.24, 2.45) is 0 Å². The topological polar surface area (TPSA) is 58.9 Å². The second kappa shape index (κ2) is 3.81. The van der Waals surface area contributed by atoms with Crippen LogP contribution in [0.4, 0.5) is 0 Å². The fraction of sp³-hybridized carbons (Fsp3) is 0.833. The second-order valence-corrected chi connectivity index (χ2v) is 5.00. The van der Waals surface area contributed by atoms with Gasteiger partial charge in [0.05, 0.1) is 24.4 Å². The summed E-state index contributed by atoms with van der Waals surface area (Å²) in [6.45, 7) is 0.169. The maximum absolute atomic E-state index is 9.70. The zero-order valence-corrected chi connectivity index (χ0v) is 9.21. The van der Waals surface area contributed by atoms with Crippen LogP contribution in [0, 0.1) is 0 Å². The van der Waals surface area contributed by atoms with Crippen LogP contribution < -0.4 is 0 Å². The van der Waals surface area contributed by atoms with Crippen molar-refractivity contribution in [1.82, 2.24) is 0 Å². The van der Waals surface area contributed by atoms with Gasteiger partial charge in [0.25, 0.3) is 0 Å². The second-order valence-electron chi connectivity index (χ2n) is 5.00. The highest BCUT2D eigenvalue weighted by molar-refractivity contribution is 5.21. The zero-order chi connectivity index (χ0) is 11.2. The van der Waals surface area contributed by atoms with Crippen molar-refractivity contribution in [2.75, 3.05) is 6.61 Å².